The number of thiazole rings is 1. The molecule has 0 radical (unpaired) electrons. The molecule has 1 aromatic heterocycles. The Hall–Kier alpha value is -2.78. The molecular weight excluding hydrogens is 432 g/mol. The molecule has 1 saturated heterocycles. The fourth-order valence-corrected chi connectivity index (χ4v) is 6.52. The summed E-state index contributed by atoms with van der Waals surface area (Å²) in [5, 5.41) is 1.06. The number of carbonyl (C=O) groups is 1. The maximum atomic E-state index is 13.1. The number of sulfonamides is 1. The predicted molar refractivity (Wildman–Crippen MR) is 121 cm³/mol. The quantitative estimate of drug-likeness (QED) is 0.658. The molecular formula is C22H22N4O3S2. The topological polar surface area (TPSA) is 91.7 Å². The summed E-state index contributed by atoms with van der Waals surface area (Å²) in [6.45, 7) is 3.00. The van der Waals surface area contributed by atoms with E-state index in [1.807, 2.05) is 23.1 Å². The van der Waals surface area contributed by atoms with E-state index in [0.29, 0.717) is 18.7 Å². The summed E-state index contributed by atoms with van der Waals surface area (Å²) < 4.78 is 28.2. The van der Waals surface area contributed by atoms with Crippen LogP contribution in [0, 0.1) is 0 Å². The van der Waals surface area contributed by atoms with Gasteiger partial charge in [-0.2, -0.15) is 0 Å². The Bertz CT molecular complexity index is 1270. The van der Waals surface area contributed by atoms with Crippen LogP contribution in [0.1, 0.15) is 36.3 Å². The van der Waals surface area contributed by atoms with Crippen LogP contribution in [0.15, 0.2) is 58.4 Å². The van der Waals surface area contributed by atoms with Crippen LogP contribution in [0.25, 0.3) is 10.2 Å². The molecule has 2 aromatic carbocycles. The van der Waals surface area contributed by atoms with Crippen molar-refractivity contribution in [2.75, 3.05) is 13.1 Å². The molecule has 3 heterocycles. The van der Waals surface area contributed by atoms with Gasteiger partial charge in [-0.1, -0.05) is 24.3 Å². The van der Waals surface area contributed by atoms with Crippen LogP contribution in [0.3, 0.4) is 0 Å². The van der Waals surface area contributed by atoms with Crippen molar-refractivity contribution in [3.8, 4) is 0 Å². The van der Waals surface area contributed by atoms with Gasteiger partial charge >= 0.3 is 0 Å². The van der Waals surface area contributed by atoms with E-state index >= 15 is 0 Å². The number of aliphatic imine (C=N–C) groups is 1. The standard InChI is InChI=1S/C22H22N4O3S2/c1-14(23-20-16-8-2-5-11-19(16)31(28,29)25-20)22(27)26-12-6-7-15(13-26)21-24-17-9-3-4-10-18(17)30-21/h2-5,8-11,14-15H,6-7,12-13H2,1H3,(H,23,25). The number of hydrogen-bond acceptors (Lipinski definition) is 6. The first-order valence-electron chi connectivity index (χ1n) is 10.3. The van der Waals surface area contributed by atoms with Crippen LogP contribution in [-0.2, 0) is 14.8 Å². The van der Waals surface area contributed by atoms with Gasteiger partial charge in [-0.15, -0.1) is 11.3 Å². The lowest BCUT2D eigenvalue weighted by molar-refractivity contribution is -0.133. The van der Waals surface area contributed by atoms with Crippen LogP contribution < -0.4 is 4.72 Å². The molecule has 2 aliphatic rings. The fraction of sp³-hybridized carbons (Fsp3) is 0.318. The van der Waals surface area contributed by atoms with Crippen LogP contribution in [0.2, 0.25) is 0 Å². The third-order valence-corrected chi connectivity index (χ3v) is 8.33. The molecule has 2 atom stereocenters. The van der Waals surface area contributed by atoms with E-state index < -0.39 is 16.1 Å². The summed E-state index contributed by atoms with van der Waals surface area (Å²) in [5.41, 5.74) is 1.51. The molecule has 0 saturated carbocycles. The van der Waals surface area contributed by atoms with Crippen molar-refractivity contribution in [3.05, 3.63) is 59.1 Å². The van der Waals surface area contributed by atoms with Crippen molar-refractivity contribution in [2.24, 2.45) is 4.99 Å². The van der Waals surface area contributed by atoms with Crippen molar-refractivity contribution in [1.29, 1.82) is 0 Å². The van der Waals surface area contributed by atoms with Gasteiger partial charge in [0.2, 0.25) is 5.91 Å². The minimum absolute atomic E-state index is 0.0955. The van der Waals surface area contributed by atoms with E-state index in [1.165, 1.54) is 0 Å². The van der Waals surface area contributed by atoms with Crippen molar-refractivity contribution >= 4 is 43.3 Å². The number of likely N-dealkylation sites (tertiary alicyclic amines) is 1. The Kier molecular flexibility index (Phi) is 5.02. The maximum absolute atomic E-state index is 13.1. The van der Waals surface area contributed by atoms with E-state index in [9.17, 15) is 13.2 Å². The number of para-hydroxylation sites is 1. The third kappa shape index (κ3) is 3.72. The third-order valence-electron chi connectivity index (χ3n) is 5.74. The number of amides is 1. The average molecular weight is 455 g/mol. The molecule has 31 heavy (non-hydrogen) atoms. The molecule has 0 aliphatic carbocycles. The molecule has 5 rings (SSSR count). The molecule has 1 fully saturated rings. The molecule has 9 heteroatoms. The van der Waals surface area contributed by atoms with Gasteiger partial charge in [-0.05, 0) is 44.0 Å². The van der Waals surface area contributed by atoms with Gasteiger partial charge in [0.15, 0.2) is 0 Å². The molecule has 1 amide bonds. The maximum Gasteiger partial charge on any atom is 0.263 e. The number of nitrogens with zero attached hydrogens (tertiary/aromatic N) is 3. The van der Waals surface area contributed by atoms with E-state index in [-0.39, 0.29) is 22.6 Å². The minimum atomic E-state index is -3.62. The number of nitrogens with one attached hydrogen (secondary N) is 1. The molecule has 0 spiro atoms. The van der Waals surface area contributed by atoms with E-state index in [1.54, 1.807) is 42.5 Å². The second-order valence-corrected chi connectivity index (χ2v) is 10.6. The molecule has 1 N–H and O–H groups in total. The Balaban J connectivity index is 1.34. The number of fused-ring (bicyclic) bond motifs is 2. The molecule has 7 nitrogen and oxygen atoms in total. The van der Waals surface area contributed by atoms with E-state index in [4.69, 9.17) is 4.98 Å². The van der Waals surface area contributed by atoms with Gasteiger partial charge in [0.05, 0.1) is 20.1 Å². The normalized spacial score (nSPS) is 22.3. The lowest BCUT2D eigenvalue weighted by atomic mass is 9.98. The summed E-state index contributed by atoms with van der Waals surface area (Å²) in [6.07, 6.45) is 1.91. The monoisotopic (exact) mass is 454 g/mol. The summed E-state index contributed by atoms with van der Waals surface area (Å²) in [4.78, 5) is 24.4. The van der Waals surface area contributed by atoms with Gasteiger partial charge in [0, 0.05) is 24.6 Å². The first-order valence-corrected chi connectivity index (χ1v) is 12.6. The van der Waals surface area contributed by atoms with Crippen LogP contribution in [0.5, 0.6) is 0 Å². The number of rotatable bonds is 3. The Morgan fingerprint density at radius 2 is 2.00 bits per heavy atom. The Morgan fingerprint density at radius 1 is 1.23 bits per heavy atom. The molecule has 3 aromatic rings. The van der Waals surface area contributed by atoms with Gasteiger partial charge in [0.25, 0.3) is 10.0 Å². The minimum Gasteiger partial charge on any atom is -0.340 e. The Morgan fingerprint density at radius 3 is 2.84 bits per heavy atom. The number of piperidine rings is 1. The van der Waals surface area contributed by atoms with Crippen molar-refractivity contribution < 1.29 is 13.2 Å². The lowest BCUT2D eigenvalue weighted by Crippen LogP contribution is -2.43. The fourth-order valence-electron chi connectivity index (χ4n) is 4.19. The molecule has 2 unspecified atom stereocenters. The summed E-state index contributed by atoms with van der Waals surface area (Å²) in [7, 11) is -3.62. The molecule has 160 valence electrons. The highest BCUT2D eigenvalue weighted by atomic mass is 32.2. The molecule has 2 aliphatic heterocycles. The number of hydrogen-bond donors (Lipinski definition) is 1. The summed E-state index contributed by atoms with van der Waals surface area (Å²) in [5.74, 6) is 0.346. The van der Waals surface area contributed by atoms with E-state index in [2.05, 4.69) is 15.8 Å². The highest BCUT2D eigenvalue weighted by molar-refractivity contribution is 7.90. The van der Waals surface area contributed by atoms with Crippen LogP contribution in [-0.4, -0.2) is 49.2 Å². The number of amidine groups is 1. The zero-order valence-corrected chi connectivity index (χ0v) is 18.6. The van der Waals surface area contributed by atoms with Crippen molar-refractivity contribution in [1.82, 2.24) is 14.6 Å². The number of benzene rings is 2. The lowest BCUT2D eigenvalue weighted by Gasteiger charge is -2.32. The molecule has 0 bridgehead atoms. The van der Waals surface area contributed by atoms with Crippen molar-refractivity contribution in [3.63, 3.8) is 0 Å². The second-order valence-electron chi connectivity index (χ2n) is 7.90. The summed E-state index contributed by atoms with van der Waals surface area (Å²) >= 11 is 1.69. The van der Waals surface area contributed by atoms with Crippen LogP contribution in [0.4, 0.5) is 0 Å². The van der Waals surface area contributed by atoms with Gasteiger partial charge in [-0.25, -0.2) is 13.4 Å². The SMILES string of the molecule is CC(N=C1NS(=O)(=O)c2ccccc21)C(=O)N1CCCC(c2nc3ccccc3s2)C1. The van der Waals surface area contributed by atoms with Gasteiger partial charge < -0.3 is 4.90 Å². The Labute approximate surface area is 184 Å². The number of aromatic nitrogens is 1. The largest absolute Gasteiger partial charge is 0.340 e. The van der Waals surface area contributed by atoms with Gasteiger partial charge in [0.1, 0.15) is 11.9 Å². The average Bonchev–Trinajstić information content (AvgIpc) is 3.32. The summed E-state index contributed by atoms with van der Waals surface area (Å²) in [6, 6.07) is 14.1. The predicted octanol–water partition coefficient (Wildman–Crippen LogP) is 3.13. The highest BCUT2D eigenvalue weighted by Gasteiger charge is 2.33. The van der Waals surface area contributed by atoms with Gasteiger partial charge in [-0.3, -0.25) is 14.5 Å². The van der Waals surface area contributed by atoms with Crippen LogP contribution >= 0.6 is 11.3 Å². The first-order chi connectivity index (χ1) is 14.9. The number of carbonyl (C=O) groups excluding carboxylic acids is 1. The highest BCUT2D eigenvalue weighted by Crippen LogP contribution is 2.33. The van der Waals surface area contributed by atoms with E-state index in [0.717, 1.165) is 28.1 Å². The zero-order chi connectivity index (χ0) is 21.6. The van der Waals surface area contributed by atoms with Crippen molar-refractivity contribution in [2.45, 2.75) is 36.6 Å². The smallest absolute Gasteiger partial charge is 0.263 e. The zero-order valence-electron chi connectivity index (χ0n) is 17.0. The first kappa shape index (κ1) is 20.1. The second kappa shape index (κ2) is 7.72.